The number of sulfonamides is 2. The SMILES string of the molecule is CS(=O)(=O)N1CCc2nc(C(=O)N3CCN(S(=O)(=O)c4cc5ccc(Cl)cc5s4)CC3)oc2C1. The predicted molar refractivity (Wildman–Crippen MR) is 127 cm³/mol. The molecular formula is C20H21ClN4O6S3. The Morgan fingerprint density at radius 2 is 1.79 bits per heavy atom. The summed E-state index contributed by atoms with van der Waals surface area (Å²) in [4.78, 5) is 18.7. The van der Waals surface area contributed by atoms with Gasteiger partial charge in [-0.25, -0.2) is 21.8 Å². The number of amides is 1. The topological polar surface area (TPSA) is 121 Å². The van der Waals surface area contributed by atoms with Crippen molar-refractivity contribution in [3.8, 4) is 0 Å². The molecule has 10 nitrogen and oxygen atoms in total. The van der Waals surface area contributed by atoms with Gasteiger partial charge in [-0.15, -0.1) is 11.3 Å². The zero-order chi connectivity index (χ0) is 24.3. The molecule has 4 heterocycles. The van der Waals surface area contributed by atoms with Crippen molar-refractivity contribution >= 4 is 59.0 Å². The number of fused-ring (bicyclic) bond motifs is 2. The first-order valence-electron chi connectivity index (χ1n) is 10.4. The maximum absolute atomic E-state index is 13.1. The maximum Gasteiger partial charge on any atom is 0.309 e. The molecule has 0 aliphatic carbocycles. The number of benzene rings is 1. The van der Waals surface area contributed by atoms with Crippen molar-refractivity contribution in [2.45, 2.75) is 17.2 Å². The van der Waals surface area contributed by atoms with E-state index in [4.69, 9.17) is 16.0 Å². The number of hydrogen-bond acceptors (Lipinski definition) is 8. The van der Waals surface area contributed by atoms with E-state index in [9.17, 15) is 21.6 Å². The summed E-state index contributed by atoms with van der Waals surface area (Å²) in [5.41, 5.74) is 0.578. The van der Waals surface area contributed by atoms with Gasteiger partial charge < -0.3 is 9.32 Å². The standard InChI is InChI=1S/C20H21ClN4O6S3/c1-33(27,28)25-5-4-15-16(12-25)31-19(22-15)20(26)23-6-8-24(9-7-23)34(29,30)18-10-13-2-3-14(21)11-17(13)32-18/h2-3,10-11H,4-9,12H2,1H3. The molecule has 182 valence electrons. The van der Waals surface area contributed by atoms with Crippen molar-refractivity contribution < 1.29 is 26.0 Å². The van der Waals surface area contributed by atoms with Gasteiger partial charge in [0.15, 0.2) is 0 Å². The third-order valence-electron chi connectivity index (χ3n) is 5.93. The Morgan fingerprint density at radius 3 is 2.50 bits per heavy atom. The number of nitrogens with zero attached hydrogens (tertiary/aromatic N) is 4. The van der Waals surface area contributed by atoms with E-state index in [-0.39, 0.29) is 49.4 Å². The van der Waals surface area contributed by atoms with Crippen LogP contribution in [-0.2, 0) is 33.0 Å². The lowest BCUT2D eigenvalue weighted by Crippen LogP contribution is -2.50. The third-order valence-corrected chi connectivity index (χ3v) is 10.9. The molecule has 0 radical (unpaired) electrons. The maximum atomic E-state index is 13.1. The summed E-state index contributed by atoms with van der Waals surface area (Å²) in [5.74, 6) is -0.169. The molecule has 1 amide bonds. The average molecular weight is 545 g/mol. The molecule has 0 unspecified atom stereocenters. The number of halogens is 1. The van der Waals surface area contributed by atoms with Gasteiger partial charge in [-0.05, 0) is 23.6 Å². The van der Waals surface area contributed by atoms with Gasteiger partial charge in [-0.1, -0.05) is 17.7 Å². The van der Waals surface area contributed by atoms with E-state index >= 15 is 0 Å². The Hall–Kier alpha value is -2.03. The molecular weight excluding hydrogens is 524 g/mol. The van der Waals surface area contributed by atoms with E-state index < -0.39 is 26.0 Å². The van der Waals surface area contributed by atoms with Crippen LogP contribution in [0.2, 0.25) is 5.02 Å². The molecule has 14 heteroatoms. The first-order valence-corrected chi connectivity index (χ1v) is 14.9. The molecule has 0 N–H and O–H groups in total. The van der Waals surface area contributed by atoms with Gasteiger partial charge >= 0.3 is 5.91 Å². The minimum Gasteiger partial charge on any atom is -0.436 e. The Morgan fingerprint density at radius 1 is 1.06 bits per heavy atom. The molecule has 2 aliphatic rings. The van der Waals surface area contributed by atoms with Crippen molar-refractivity contribution in [3.05, 3.63) is 46.6 Å². The second-order valence-corrected chi connectivity index (χ2v) is 13.8. The van der Waals surface area contributed by atoms with Gasteiger partial charge in [0.2, 0.25) is 10.0 Å². The lowest BCUT2D eigenvalue weighted by molar-refractivity contribution is 0.0655. The lowest BCUT2D eigenvalue weighted by atomic mass is 10.2. The summed E-state index contributed by atoms with van der Waals surface area (Å²) in [6.07, 6.45) is 1.49. The fourth-order valence-corrected chi connectivity index (χ4v) is 8.07. The van der Waals surface area contributed by atoms with Gasteiger partial charge in [0.1, 0.15) is 9.97 Å². The van der Waals surface area contributed by atoms with Gasteiger partial charge in [-0.3, -0.25) is 4.79 Å². The van der Waals surface area contributed by atoms with Crippen molar-refractivity contribution in [2.75, 3.05) is 39.0 Å². The summed E-state index contributed by atoms with van der Waals surface area (Å²) in [6, 6.07) is 6.88. The van der Waals surface area contributed by atoms with Crippen molar-refractivity contribution in [3.63, 3.8) is 0 Å². The fourth-order valence-electron chi connectivity index (χ4n) is 4.05. The Labute approximate surface area is 205 Å². The number of carbonyl (C=O) groups excluding carboxylic acids is 1. The van der Waals surface area contributed by atoms with Gasteiger partial charge in [0.05, 0.1) is 18.5 Å². The highest BCUT2D eigenvalue weighted by Gasteiger charge is 2.34. The largest absolute Gasteiger partial charge is 0.436 e. The van der Waals surface area contributed by atoms with E-state index in [0.29, 0.717) is 22.9 Å². The number of thiophene rings is 1. The van der Waals surface area contributed by atoms with Crippen LogP contribution in [0.15, 0.2) is 32.9 Å². The van der Waals surface area contributed by atoms with Gasteiger partial charge in [-0.2, -0.15) is 8.61 Å². The molecule has 34 heavy (non-hydrogen) atoms. The van der Waals surface area contributed by atoms with Crippen molar-refractivity contribution in [1.29, 1.82) is 0 Å². The second kappa shape index (κ2) is 8.57. The van der Waals surface area contributed by atoms with E-state index in [1.54, 1.807) is 24.3 Å². The highest BCUT2D eigenvalue weighted by molar-refractivity contribution is 7.91. The van der Waals surface area contributed by atoms with E-state index in [0.717, 1.165) is 16.3 Å². The van der Waals surface area contributed by atoms with E-state index in [1.807, 2.05) is 0 Å². The minimum atomic E-state index is -3.70. The molecule has 2 aliphatic heterocycles. The predicted octanol–water partition coefficient (Wildman–Crippen LogP) is 2.01. The molecule has 1 saturated heterocycles. The average Bonchev–Trinajstić information content (AvgIpc) is 3.41. The van der Waals surface area contributed by atoms with Crippen LogP contribution in [0.4, 0.5) is 0 Å². The van der Waals surface area contributed by atoms with Crippen molar-refractivity contribution in [1.82, 2.24) is 18.5 Å². The molecule has 0 spiro atoms. The van der Waals surface area contributed by atoms with Crippen LogP contribution in [0.1, 0.15) is 22.1 Å². The Balaban J connectivity index is 1.27. The molecule has 0 bridgehead atoms. The number of piperazine rings is 1. The van der Waals surface area contributed by atoms with Crippen LogP contribution in [0.3, 0.4) is 0 Å². The summed E-state index contributed by atoms with van der Waals surface area (Å²) in [7, 11) is -7.08. The van der Waals surface area contributed by atoms with E-state index in [1.165, 1.54) is 24.8 Å². The third kappa shape index (κ3) is 4.36. The minimum absolute atomic E-state index is 0.0425. The molecule has 1 aromatic carbocycles. The smallest absolute Gasteiger partial charge is 0.309 e. The van der Waals surface area contributed by atoms with Gasteiger partial charge in [0, 0.05) is 48.9 Å². The summed E-state index contributed by atoms with van der Waals surface area (Å²) >= 11 is 7.18. The highest BCUT2D eigenvalue weighted by atomic mass is 35.5. The molecule has 3 aromatic rings. The number of oxazole rings is 1. The fraction of sp³-hybridized carbons (Fsp3) is 0.400. The quantitative estimate of drug-likeness (QED) is 0.492. The number of rotatable bonds is 4. The monoisotopic (exact) mass is 544 g/mol. The molecule has 5 rings (SSSR count). The van der Waals surface area contributed by atoms with Crippen LogP contribution < -0.4 is 0 Å². The second-order valence-electron chi connectivity index (χ2n) is 8.18. The van der Waals surface area contributed by atoms with Crippen LogP contribution in [0, 0.1) is 0 Å². The normalized spacial score (nSPS) is 18.4. The molecule has 1 fully saturated rings. The van der Waals surface area contributed by atoms with Gasteiger partial charge in [0.25, 0.3) is 15.9 Å². The van der Waals surface area contributed by atoms with Crippen LogP contribution in [0.25, 0.3) is 10.1 Å². The zero-order valence-electron chi connectivity index (χ0n) is 18.1. The molecule has 0 atom stereocenters. The molecule has 0 saturated carbocycles. The summed E-state index contributed by atoms with van der Waals surface area (Å²) in [6.45, 7) is 0.999. The highest BCUT2D eigenvalue weighted by Crippen LogP contribution is 2.33. The first-order chi connectivity index (χ1) is 16.0. The first kappa shape index (κ1) is 23.7. The zero-order valence-corrected chi connectivity index (χ0v) is 21.3. The number of hydrogen-bond donors (Lipinski definition) is 0. The van der Waals surface area contributed by atoms with Crippen molar-refractivity contribution in [2.24, 2.45) is 0 Å². The van der Waals surface area contributed by atoms with Crippen LogP contribution in [0.5, 0.6) is 0 Å². The van der Waals surface area contributed by atoms with Crippen LogP contribution in [-0.4, -0.2) is 80.2 Å². The Bertz CT molecular complexity index is 1490. The number of carbonyl (C=O) groups is 1. The van der Waals surface area contributed by atoms with Crippen LogP contribution >= 0.6 is 22.9 Å². The molecule has 2 aromatic heterocycles. The number of aromatic nitrogens is 1. The van der Waals surface area contributed by atoms with E-state index in [2.05, 4.69) is 4.98 Å². The summed E-state index contributed by atoms with van der Waals surface area (Å²) in [5, 5.41) is 1.35. The lowest BCUT2D eigenvalue weighted by Gasteiger charge is -2.32. The summed E-state index contributed by atoms with van der Waals surface area (Å²) < 4.78 is 59.2. The Kier molecular flexibility index (Phi) is 5.97.